The van der Waals surface area contributed by atoms with E-state index in [4.69, 9.17) is 15.0 Å². The second-order valence-corrected chi connectivity index (χ2v) is 10.4. The van der Waals surface area contributed by atoms with Crippen molar-refractivity contribution in [3.8, 4) is 0 Å². The van der Waals surface area contributed by atoms with Crippen molar-refractivity contribution in [1.29, 1.82) is 0 Å². The highest BCUT2D eigenvalue weighted by Crippen LogP contribution is 2.72. The number of hydrogen-bond donors (Lipinski definition) is 3. The maximum absolute atomic E-state index is 12.4. The molecule has 17 heteroatoms. The highest BCUT2D eigenvalue weighted by Gasteiger charge is 2.47. The lowest BCUT2D eigenvalue weighted by Gasteiger charge is -2.24. The van der Waals surface area contributed by atoms with E-state index < -0.39 is 54.6 Å². The van der Waals surface area contributed by atoms with E-state index in [1.165, 1.54) is 0 Å². The van der Waals surface area contributed by atoms with Crippen LogP contribution in [0.4, 0.5) is 0 Å². The minimum Gasteiger partial charge on any atom is -0.387 e. The van der Waals surface area contributed by atoms with E-state index in [0.717, 1.165) is 28.4 Å². The van der Waals surface area contributed by atoms with Gasteiger partial charge in [-0.3, -0.25) is 22.6 Å². The topological polar surface area (TPSA) is 192 Å². The molecule has 156 valence electrons. The second kappa shape index (κ2) is 9.64. The molecule has 1 heterocycles. The first-order chi connectivity index (χ1) is 12.0. The van der Waals surface area contributed by atoms with Crippen LogP contribution in [0.3, 0.4) is 0 Å². The van der Waals surface area contributed by atoms with Gasteiger partial charge in [0.05, 0.1) is 6.61 Å². The zero-order valence-corrected chi connectivity index (χ0v) is 17.0. The summed E-state index contributed by atoms with van der Waals surface area (Å²) < 4.78 is 73.6. The molecule has 0 spiro atoms. The summed E-state index contributed by atoms with van der Waals surface area (Å²) >= 11 is 0. The van der Waals surface area contributed by atoms with Gasteiger partial charge in [0.2, 0.25) is 0 Å². The Bertz CT molecular complexity index is 593. The number of phosphoric acid groups is 3. The van der Waals surface area contributed by atoms with Crippen LogP contribution in [0.15, 0.2) is 0 Å². The van der Waals surface area contributed by atoms with E-state index in [1.54, 1.807) is 0 Å². The van der Waals surface area contributed by atoms with Crippen molar-refractivity contribution in [3.63, 3.8) is 0 Å². The molecular weight excluding hydrogens is 423 g/mol. The molecule has 0 aliphatic carbocycles. The van der Waals surface area contributed by atoms with Crippen molar-refractivity contribution in [1.82, 2.24) is 0 Å². The van der Waals surface area contributed by atoms with Gasteiger partial charge in [-0.25, -0.2) is 13.7 Å². The molecule has 0 amide bonds. The molecule has 5 unspecified atom stereocenters. The molecule has 1 saturated heterocycles. The number of aliphatic hydroxyl groups is 2. The Morgan fingerprint density at radius 2 is 1.31 bits per heavy atom. The van der Waals surface area contributed by atoms with E-state index in [0.29, 0.717) is 0 Å². The third-order valence-corrected chi connectivity index (χ3v) is 8.54. The Hall–Kier alpha value is 0.250. The predicted molar refractivity (Wildman–Crippen MR) is 83.8 cm³/mol. The van der Waals surface area contributed by atoms with E-state index in [1.807, 2.05) is 0 Å². The van der Waals surface area contributed by atoms with Gasteiger partial charge < -0.3 is 20.7 Å². The Balaban J connectivity index is 2.83. The standard InChI is InChI=1S/C9H22NO13P3/c1-16-24(13,17-2)22-26(15,19-4)23-25(14,18-3)20-5-6-7(11)8(12)9(10)21-6/h6-9,11-12H,5,10H2,1-4H3/t6?,7?,8?,9-,25?,26?/m1/s1. The average Bonchev–Trinajstić information content (AvgIpc) is 2.86. The molecule has 26 heavy (non-hydrogen) atoms. The number of rotatable bonds is 11. The summed E-state index contributed by atoms with van der Waals surface area (Å²) in [4.78, 5) is 0. The van der Waals surface area contributed by atoms with Crippen LogP contribution in [0.5, 0.6) is 0 Å². The number of aliphatic hydroxyl groups excluding tert-OH is 2. The molecule has 0 aromatic carbocycles. The first-order valence-corrected chi connectivity index (χ1v) is 11.2. The normalized spacial score (nSPS) is 31.5. The van der Waals surface area contributed by atoms with E-state index in [9.17, 15) is 23.9 Å². The molecule has 1 fully saturated rings. The van der Waals surface area contributed by atoms with Gasteiger partial charge >= 0.3 is 23.5 Å². The fourth-order valence-corrected chi connectivity index (χ4v) is 6.11. The maximum atomic E-state index is 12.4. The van der Waals surface area contributed by atoms with Crippen LogP contribution < -0.4 is 5.73 Å². The quantitative estimate of drug-likeness (QED) is 0.369. The van der Waals surface area contributed by atoms with Crippen molar-refractivity contribution in [2.45, 2.75) is 24.5 Å². The highest BCUT2D eigenvalue weighted by molar-refractivity contribution is 7.67. The molecule has 6 atom stereocenters. The van der Waals surface area contributed by atoms with E-state index >= 15 is 0 Å². The third kappa shape index (κ3) is 6.13. The first-order valence-electron chi connectivity index (χ1n) is 6.84. The average molecular weight is 445 g/mol. The number of hydrogen-bond acceptors (Lipinski definition) is 14. The Morgan fingerprint density at radius 1 is 0.846 bits per heavy atom. The Labute approximate surface area is 149 Å². The van der Waals surface area contributed by atoms with Gasteiger partial charge in [-0.15, -0.1) is 0 Å². The van der Waals surface area contributed by atoms with Crippen LogP contribution in [0.1, 0.15) is 0 Å². The SMILES string of the molecule is COP(=O)(OC)OP(=O)(OC)OP(=O)(OC)OCC1O[C@@H](N)C(O)C1O. The molecule has 4 N–H and O–H groups in total. The lowest BCUT2D eigenvalue weighted by Crippen LogP contribution is -2.37. The summed E-state index contributed by atoms with van der Waals surface area (Å²) in [6.45, 7) is -0.632. The third-order valence-electron chi connectivity index (χ3n) is 3.09. The molecule has 0 bridgehead atoms. The lowest BCUT2D eigenvalue weighted by atomic mass is 10.1. The molecular formula is C9H22NO13P3. The summed E-state index contributed by atoms with van der Waals surface area (Å²) in [5.41, 5.74) is 5.39. The maximum Gasteiger partial charge on any atom is 0.492 e. The number of phosphoric ester groups is 2. The van der Waals surface area contributed by atoms with Crippen LogP contribution in [-0.4, -0.2) is 69.8 Å². The van der Waals surface area contributed by atoms with Gasteiger partial charge in [0.1, 0.15) is 24.5 Å². The molecule has 0 aromatic rings. The van der Waals surface area contributed by atoms with Crippen LogP contribution >= 0.6 is 23.5 Å². The molecule has 0 radical (unpaired) electrons. The first kappa shape index (κ1) is 24.3. The zero-order valence-electron chi connectivity index (χ0n) is 14.3. The monoisotopic (exact) mass is 445 g/mol. The number of ether oxygens (including phenoxy) is 1. The predicted octanol–water partition coefficient (Wildman–Crippen LogP) is 0.351. The molecule has 0 aromatic heterocycles. The smallest absolute Gasteiger partial charge is 0.387 e. The molecule has 0 saturated carbocycles. The summed E-state index contributed by atoms with van der Waals surface area (Å²) in [7, 11) is -10.2. The largest absolute Gasteiger partial charge is 0.492 e. The zero-order chi connectivity index (χ0) is 20.2. The Morgan fingerprint density at radius 3 is 1.69 bits per heavy atom. The van der Waals surface area contributed by atoms with Crippen LogP contribution in [0, 0.1) is 0 Å². The van der Waals surface area contributed by atoms with Crippen molar-refractivity contribution in [3.05, 3.63) is 0 Å². The summed E-state index contributed by atoms with van der Waals surface area (Å²) in [5.74, 6) is 0. The van der Waals surface area contributed by atoms with Crippen molar-refractivity contribution < 1.29 is 59.9 Å². The minimum atomic E-state index is -4.80. The van der Waals surface area contributed by atoms with Crippen molar-refractivity contribution in [2.24, 2.45) is 5.73 Å². The van der Waals surface area contributed by atoms with Crippen LogP contribution in [0.25, 0.3) is 0 Å². The fourth-order valence-electron chi connectivity index (χ4n) is 1.66. The van der Waals surface area contributed by atoms with Crippen molar-refractivity contribution >= 4 is 23.5 Å². The highest BCUT2D eigenvalue weighted by atomic mass is 31.3. The minimum absolute atomic E-state index is 0.632. The Kier molecular flexibility index (Phi) is 9.00. The fraction of sp³-hybridized carbons (Fsp3) is 1.00. The van der Waals surface area contributed by atoms with Gasteiger partial charge in [0.15, 0.2) is 0 Å². The van der Waals surface area contributed by atoms with E-state index in [2.05, 4.69) is 26.7 Å². The van der Waals surface area contributed by atoms with Gasteiger partial charge in [-0.2, -0.15) is 8.62 Å². The van der Waals surface area contributed by atoms with Crippen LogP contribution in [0.2, 0.25) is 0 Å². The van der Waals surface area contributed by atoms with Gasteiger partial charge in [0.25, 0.3) is 0 Å². The van der Waals surface area contributed by atoms with Gasteiger partial charge in [0, 0.05) is 28.4 Å². The summed E-state index contributed by atoms with van der Waals surface area (Å²) in [6, 6.07) is 0. The summed E-state index contributed by atoms with van der Waals surface area (Å²) in [6.07, 6.45) is -5.21. The molecule has 1 aliphatic heterocycles. The van der Waals surface area contributed by atoms with Crippen molar-refractivity contribution in [2.75, 3.05) is 35.0 Å². The lowest BCUT2D eigenvalue weighted by molar-refractivity contribution is -0.0208. The van der Waals surface area contributed by atoms with Gasteiger partial charge in [-0.05, 0) is 0 Å². The second-order valence-electron chi connectivity index (χ2n) is 4.65. The van der Waals surface area contributed by atoms with Gasteiger partial charge in [-0.1, -0.05) is 0 Å². The molecule has 1 rings (SSSR count). The van der Waals surface area contributed by atoms with Crippen LogP contribution in [-0.2, 0) is 49.7 Å². The number of nitrogens with two attached hydrogens (primary N) is 1. The molecule has 1 aliphatic rings. The summed E-state index contributed by atoms with van der Waals surface area (Å²) in [5, 5.41) is 19.2. The van der Waals surface area contributed by atoms with E-state index in [-0.39, 0.29) is 0 Å². The molecule has 14 nitrogen and oxygen atoms in total.